The third kappa shape index (κ3) is 5.06. The molecule has 2 aromatic carbocycles. The molecule has 1 heterocycles. The minimum absolute atomic E-state index is 0.0708. The highest BCUT2D eigenvalue weighted by Crippen LogP contribution is 2.41. The van der Waals surface area contributed by atoms with E-state index in [9.17, 15) is 14.4 Å². The SMILES string of the molecule is COC(=O)c1ccc(-c2cc(Cl)cc3c2OC(CNC(=O)CNC(C)=O)C3)cc1. The van der Waals surface area contributed by atoms with Gasteiger partial charge in [0.05, 0.1) is 25.8 Å². The standard InChI is InChI=1S/C21H21ClN2O5/c1-12(25)23-11-19(26)24-10-17-8-15-7-16(22)9-18(20(15)29-17)13-3-5-14(6-4-13)21(27)28-2/h3-7,9,17H,8,10-11H2,1-2H3,(H,23,25)(H,24,26). The van der Waals surface area contributed by atoms with E-state index in [1.165, 1.54) is 14.0 Å². The number of fused-ring (bicyclic) bond motifs is 1. The summed E-state index contributed by atoms with van der Waals surface area (Å²) in [6, 6.07) is 10.6. The average Bonchev–Trinajstić information content (AvgIpc) is 3.12. The van der Waals surface area contributed by atoms with Gasteiger partial charge in [0, 0.05) is 29.5 Å². The van der Waals surface area contributed by atoms with E-state index in [4.69, 9.17) is 21.1 Å². The van der Waals surface area contributed by atoms with Crippen molar-refractivity contribution in [2.75, 3.05) is 20.2 Å². The molecule has 1 aliphatic rings. The summed E-state index contributed by atoms with van der Waals surface area (Å²) in [5, 5.41) is 5.78. The van der Waals surface area contributed by atoms with Crippen LogP contribution in [0.15, 0.2) is 36.4 Å². The molecule has 7 nitrogen and oxygen atoms in total. The Balaban J connectivity index is 1.72. The number of halogens is 1. The normalized spacial score (nSPS) is 14.5. The first-order valence-electron chi connectivity index (χ1n) is 9.06. The van der Waals surface area contributed by atoms with Crippen LogP contribution in [0.2, 0.25) is 5.02 Å². The molecule has 0 saturated carbocycles. The lowest BCUT2D eigenvalue weighted by molar-refractivity contribution is -0.125. The van der Waals surface area contributed by atoms with E-state index in [2.05, 4.69) is 10.6 Å². The van der Waals surface area contributed by atoms with Gasteiger partial charge in [0.15, 0.2) is 0 Å². The minimum Gasteiger partial charge on any atom is -0.487 e. The van der Waals surface area contributed by atoms with Gasteiger partial charge in [-0.1, -0.05) is 23.7 Å². The molecule has 2 aromatic rings. The molecule has 8 heteroatoms. The van der Waals surface area contributed by atoms with Crippen LogP contribution in [0, 0.1) is 0 Å². The average molecular weight is 417 g/mol. The van der Waals surface area contributed by atoms with Crippen LogP contribution >= 0.6 is 11.6 Å². The van der Waals surface area contributed by atoms with Crippen LogP contribution in [0.3, 0.4) is 0 Å². The van der Waals surface area contributed by atoms with Gasteiger partial charge >= 0.3 is 5.97 Å². The van der Waals surface area contributed by atoms with E-state index < -0.39 is 5.97 Å². The van der Waals surface area contributed by atoms with Gasteiger partial charge in [-0.2, -0.15) is 0 Å². The van der Waals surface area contributed by atoms with Gasteiger partial charge in [-0.15, -0.1) is 0 Å². The molecule has 0 bridgehead atoms. The smallest absolute Gasteiger partial charge is 0.337 e. The fourth-order valence-corrected chi connectivity index (χ4v) is 3.36. The summed E-state index contributed by atoms with van der Waals surface area (Å²) in [4.78, 5) is 34.3. The van der Waals surface area contributed by atoms with E-state index in [-0.39, 0.29) is 24.5 Å². The number of rotatable bonds is 6. The Labute approximate surface area is 173 Å². The number of ether oxygens (including phenoxy) is 2. The predicted molar refractivity (Wildman–Crippen MR) is 108 cm³/mol. The fraction of sp³-hybridized carbons (Fsp3) is 0.286. The number of nitrogens with one attached hydrogen (secondary N) is 2. The number of methoxy groups -OCH3 is 1. The van der Waals surface area contributed by atoms with E-state index in [0.717, 1.165) is 16.7 Å². The summed E-state index contributed by atoms with van der Waals surface area (Å²) in [7, 11) is 1.34. The predicted octanol–water partition coefficient (Wildman–Crippen LogP) is 2.35. The monoisotopic (exact) mass is 416 g/mol. The molecule has 2 N–H and O–H groups in total. The van der Waals surface area contributed by atoms with E-state index >= 15 is 0 Å². The number of hydrogen-bond donors (Lipinski definition) is 2. The van der Waals surface area contributed by atoms with Crippen LogP contribution < -0.4 is 15.4 Å². The zero-order valence-corrected chi connectivity index (χ0v) is 16.8. The number of carbonyl (C=O) groups is 3. The Bertz CT molecular complexity index is 943. The van der Waals surface area contributed by atoms with Crippen molar-refractivity contribution in [3.63, 3.8) is 0 Å². The van der Waals surface area contributed by atoms with E-state index in [1.807, 2.05) is 24.3 Å². The Morgan fingerprint density at radius 1 is 1.17 bits per heavy atom. The maximum Gasteiger partial charge on any atom is 0.337 e. The lowest BCUT2D eigenvalue weighted by atomic mass is 9.99. The van der Waals surface area contributed by atoms with Crippen molar-refractivity contribution in [2.24, 2.45) is 0 Å². The Morgan fingerprint density at radius 3 is 2.55 bits per heavy atom. The molecule has 1 aliphatic heterocycles. The van der Waals surface area contributed by atoms with Gasteiger partial charge in [-0.05, 0) is 29.8 Å². The molecule has 1 unspecified atom stereocenters. The van der Waals surface area contributed by atoms with E-state index in [1.54, 1.807) is 12.1 Å². The molecule has 0 aromatic heterocycles. The molecule has 0 spiro atoms. The van der Waals surface area contributed by atoms with Crippen LogP contribution in [0.1, 0.15) is 22.8 Å². The molecule has 152 valence electrons. The third-order valence-electron chi connectivity index (χ3n) is 4.50. The number of carbonyl (C=O) groups excluding carboxylic acids is 3. The second-order valence-electron chi connectivity index (χ2n) is 6.67. The summed E-state index contributed by atoms with van der Waals surface area (Å²) in [5.41, 5.74) is 3.07. The summed E-state index contributed by atoms with van der Waals surface area (Å²) >= 11 is 6.29. The lowest BCUT2D eigenvalue weighted by Gasteiger charge is -2.14. The van der Waals surface area contributed by atoms with E-state index in [0.29, 0.717) is 29.3 Å². The van der Waals surface area contributed by atoms with Gasteiger partial charge in [-0.3, -0.25) is 9.59 Å². The summed E-state index contributed by atoms with van der Waals surface area (Å²) < 4.78 is 10.8. The van der Waals surface area contributed by atoms with Gasteiger partial charge in [-0.25, -0.2) is 4.79 Å². The molecule has 0 fully saturated rings. The number of benzene rings is 2. The van der Waals surface area contributed by atoms with Gasteiger partial charge < -0.3 is 20.1 Å². The van der Waals surface area contributed by atoms with Crippen LogP contribution in [0.5, 0.6) is 5.75 Å². The third-order valence-corrected chi connectivity index (χ3v) is 4.72. The molecular weight excluding hydrogens is 396 g/mol. The summed E-state index contributed by atoms with van der Waals surface area (Å²) in [5.74, 6) is -0.237. The van der Waals surface area contributed by atoms with Crippen molar-refractivity contribution < 1.29 is 23.9 Å². The van der Waals surface area contributed by atoms with Crippen molar-refractivity contribution >= 4 is 29.4 Å². The molecule has 3 rings (SSSR count). The quantitative estimate of drug-likeness (QED) is 0.705. The molecule has 29 heavy (non-hydrogen) atoms. The highest BCUT2D eigenvalue weighted by molar-refractivity contribution is 6.31. The van der Waals surface area contributed by atoms with Gasteiger partial charge in [0.25, 0.3) is 0 Å². The first-order valence-corrected chi connectivity index (χ1v) is 9.44. The van der Waals surface area contributed by atoms with Crippen molar-refractivity contribution in [3.05, 3.63) is 52.5 Å². The topological polar surface area (TPSA) is 93.7 Å². The fourth-order valence-electron chi connectivity index (χ4n) is 3.12. The van der Waals surface area contributed by atoms with Crippen LogP contribution in [-0.2, 0) is 20.7 Å². The zero-order valence-electron chi connectivity index (χ0n) is 16.1. The highest BCUT2D eigenvalue weighted by atomic mass is 35.5. The van der Waals surface area contributed by atoms with Crippen molar-refractivity contribution in [2.45, 2.75) is 19.4 Å². The second kappa shape index (κ2) is 8.96. The van der Waals surface area contributed by atoms with Gasteiger partial charge in [0.2, 0.25) is 11.8 Å². The molecule has 1 atom stereocenters. The van der Waals surface area contributed by atoms with Crippen LogP contribution in [0.4, 0.5) is 0 Å². The van der Waals surface area contributed by atoms with Crippen LogP contribution in [-0.4, -0.2) is 44.1 Å². The lowest BCUT2D eigenvalue weighted by Crippen LogP contribution is -2.40. The molecule has 0 aliphatic carbocycles. The molecular formula is C21H21ClN2O5. The molecule has 2 amide bonds. The molecule has 0 radical (unpaired) electrons. The summed E-state index contributed by atoms with van der Waals surface area (Å²) in [6.07, 6.45) is 0.363. The maximum atomic E-state index is 11.8. The maximum absolute atomic E-state index is 11.8. The number of esters is 1. The number of hydrogen-bond acceptors (Lipinski definition) is 5. The number of amides is 2. The first kappa shape index (κ1) is 20.7. The Hall–Kier alpha value is -3.06. The van der Waals surface area contributed by atoms with Crippen molar-refractivity contribution in [1.82, 2.24) is 10.6 Å². The van der Waals surface area contributed by atoms with Crippen molar-refractivity contribution in [1.29, 1.82) is 0 Å². The van der Waals surface area contributed by atoms with Crippen molar-refractivity contribution in [3.8, 4) is 16.9 Å². The summed E-state index contributed by atoms with van der Waals surface area (Å²) in [6.45, 7) is 1.59. The van der Waals surface area contributed by atoms with Crippen LogP contribution in [0.25, 0.3) is 11.1 Å². The molecule has 0 saturated heterocycles. The Kier molecular flexibility index (Phi) is 6.39. The Morgan fingerprint density at radius 2 is 1.90 bits per heavy atom. The minimum atomic E-state index is -0.404. The zero-order chi connectivity index (χ0) is 21.0. The highest BCUT2D eigenvalue weighted by Gasteiger charge is 2.27. The van der Waals surface area contributed by atoms with Gasteiger partial charge in [0.1, 0.15) is 11.9 Å². The second-order valence-corrected chi connectivity index (χ2v) is 7.10. The largest absolute Gasteiger partial charge is 0.487 e. The first-order chi connectivity index (χ1) is 13.9.